The highest BCUT2D eigenvalue weighted by atomic mass is 19.1. The third kappa shape index (κ3) is 2.45. The minimum absolute atomic E-state index is 0.137. The Morgan fingerprint density at radius 2 is 1.84 bits per heavy atom. The summed E-state index contributed by atoms with van der Waals surface area (Å²) in [6, 6.07) is 8.76. The Labute approximate surface area is 108 Å². The normalized spacial score (nSPS) is 12.5. The molecule has 1 aliphatic rings. The molecule has 0 saturated heterocycles. The van der Waals surface area contributed by atoms with Crippen LogP contribution in [0.1, 0.15) is 5.56 Å². The highest BCUT2D eigenvalue weighted by Crippen LogP contribution is 2.32. The van der Waals surface area contributed by atoms with Crippen LogP contribution in [0.25, 0.3) is 0 Å². The molecule has 0 aromatic heterocycles. The molecule has 0 bridgehead atoms. The van der Waals surface area contributed by atoms with Gasteiger partial charge in [0, 0.05) is 6.54 Å². The molecule has 3 rings (SSSR count). The maximum atomic E-state index is 13.4. The molecule has 0 saturated carbocycles. The van der Waals surface area contributed by atoms with Gasteiger partial charge in [-0.25, -0.2) is 8.78 Å². The van der Waals surface area contributed by atoms with Crippen LogP contribution in [0.3, 0.4) is 0 Å². The summed E-state index contributed by atoms with van der Waals surface area (Å²) in [6.45, 7) is 0.585. The predicted octanol–water partition coefficient (Wildman–Crippen LogP) is 3.31. The van der Waals surface area contributed by atoms with E-state index in [0.717, 1.165) is 23.8 Å². The molecule has 0 atom stereocenters. The molecule has 98 valence electrons. The number of rotatable bonds is 3. The van der Waals surface area contributed by atoms with Crippen molar-refractivity contribution in [2.45, 2.75) is 6.54 Å². The summed E-state index contributed by atoms with van der Waals surface area (Å²) in [4.78, 5) is 0. The number of benzene rings is 2. The van der Waals surface area contributed by atoms with Crippen molar-refractivity contribution >= 4 is 5.69 Å². The van der Waals surface area contributed by atoms with E-state index < -0.39 is 11.6 Å². The molecular formula is C14H11F2NO2. The van der Waals surface area contributed by atoms with Crippen molar-refractivity contribution in [2.75, 3.05) is 12.1 Å². The zero-order valence-corrected chi connectivity index (χ0v) is 9.95. The molecule has 0 radical (unpaired) electrons. The monoisotopic (exact) mass is 263 g/mol. The summed E-state index contributed by atoms with van der Waals surface area (Å²) >= 11 is 0. The fraction of sp³-hybridized carbons (Fsp3) is 0.143. The molecule has 5 heteroatoms. The molecule has 0 unspecified atom stereocenters. The first-order valence-corrected chi connectivity index (χ1v) is 5.80. The summed E-state index contributed by atoms with van der Waals surface area (Å²) in [6.07, 6.45) is 0. The molecule has 2 aromatic rings. The Morgan fingerprint density at radius 3 is 2.74 bits per heavy atom. The highest BCUT2D eigenvalue weighted by Gasteiger charge is 2.13. The van der Waals surface area contributed by atoms with Crippen LogP contribution in [0.5, 0.6) is 11.5 Å². The predicted molar refractivity (Wildman–Crippen MR) is 66.2 cm³/mol. The Hall–Kier alpha value is -2.30. The Morgan fingerprint density at radius 1 is 1.00 bits per heavy atom. The van der Waals surface area contributed by atoms with Gasteiger partial charge in [0.05, 0.1) is 5.69 Å². The standard InChI is InChI=1S/C14H11F2NO2/c15-10-2-3-11(16)12(6-10)17-7-9-1-4-13-14(5-9)19-8-18-13/h1-6,17H,7-8H2. The maximum absolute atomic E-state index is 13.4. The first-order chi connectivity index (χ1) is 9.22. The summed E-state index contributed by atoms with van der Waals surface area (Å²) < 4.78 is 36.9. The summed E-state index contributed by atoms with van der Waals surface area (Å²) in [7, 11) is 0. The summed E-state index contributed by atoms with van der Waals surface area (Å²) in [5.74, 6) is 0.399. The van der Waals surface area contributed by atoms with Crippen LogP contribution in [0.2, 0.25) is 0 Å². The van der Waals surface area contributed by atoms with E-state index in [4.69, 9.17) is 9.47 Å². The molecule has 19 heavy (non-hydrogen) atoms. The lowest BCUT2D eigenvalue weighted by Crippen LogP contribution is -2.01. The van der Waals surface area contributed by atoms with Crippen LogP contribution >= 0.6 is 0 Å². The van der Waals surface area contributed by atoms with Crippen LogP contribution in [0.4, 0.5) is 14.5 Å². The van der Waals surface area contributed by atoms with Crippen molar-refractivity contribution in [1.82, 2.24) is 0 Å². The minimum atomic E-state index is -0.484. The number of fused-ring (bicyclic) bond motifs is 1. The number of ether oxygens (including phenoxy) is 2. The van der Waals surface area contributed by atoms with Gasteiger partial charge < -0.3 is 14.8 Å². The van der Waals surface area contributed by atoms with E-state index in [1.807, 2.05) is 12.1 Å². The zero-order valence-electron chi connectivity index (χ0n) is 9.95. The third-order valence-electron chi connectivity index (χ3n) is 2.85. The summed E-state index contributed by atoms with van der Waals surface area (Å²) in [5.41, 5.74) is 1.03. The largest absolute Gasteiger partial charge is 0.454 e. The fourth-order valence-electron chi connectivity index (χ4n) is 1.88. The van der Waals surface area contributed by atoms with E-state index in [1.54, 1.807) is 6.07 Å². The molecule has 3 nitrogen and oxygen atoms in total. The molecule has 2 aromatic carbocycles. The van der Waals surface area contributed by atoms with E-state index in [-0.39, 0.29) is 12.5 Å². The second kappa shape index (κ2) is 4.76. The van der Waals surface area contributed by atoms with Gasteiger partial charge in [-0.2, -0.15) is 0 Å². The van der Waals surface area contributed by atoms with Crippen molar-refractivity contribution < 1.29 is 18.3 Å². The van der Waals surface area contributed by atoms with Gasteiger partial charge in [-0.15, -0.1) is 0 Å². The molecule has 1 heterocycles. The average molecular weight is 263 g/mol. The molecule has 0 aliphatic carbocycles. The third-order valence-corrected chi connectivity index (χ3v) is 2.85. The minimum Gasteiger partial charge on any atom is -0.454 e. The van der Waals surface area contributed by atoms with E-state index in [2.05, 4.69) is 5.32 Å². The van der Waals surface area contributed by atoms with Crippen molar-refractivity contribution in [2.24, 2.45) is 0 Å². The van der Waals surface area contributed by atoms with Gasteiger partial charge >= 0.3 is 0 Å². The van der Waals surface area contributed by atoms with Gasteiger partial charge in [0.1, 0.15) is 11.6 Å². The van der Waals surface area contributed by atoms with E-state index in [0.29, 0.717) is 18.0 Å². The molecule has 0 amide bonds. The van der Waals surface area contributed by atoms with Crippen LogP contribution in [-0.4, -0.2) is 6.79 Å². The quantitative estimate of drug-likeness (QED) is 0.921. The van der Waals surface area contributed by atoms with E-state index >= 15 is 0 Å². The van der Waals surface area contributed by atoms with Gasteiger partial charge in [-0.3, -0.25) is 0 Å². The number of halogens is 2. The van der Waals surface area contributed by atoms with Crippen LogP contribution in [-0.2, 0) is 6.54 Å². The Kier molecular flexibility index (Phi) is 2.95. The second-order valence-corrected chi connectivity index (χ2v) is 4.17. The van der Waals surface area contributed by atoms with Gasteiger partial charge in [0.2, 0.25) is 6.79 Å². The van der Waals surface area contributed by atoms with Crippen LogP contribution in [0, 0.1) is 11.6 Å². The fourth-order valence-corrected chi connectivity index (χ4v) is 1.88. The SMILES string of the molecule is Fc1ccc(F)c(NCc2ccc3c(c2)OCO3)c1. The van der Waals surface area contributed by atoms with Crippen LogP contribution < -0.4 is 14.8 Å². The number of nitrogens with one attached hydrogen (secondary N) is 1. The number of hydrogen-bond acceptors (Lipinski definition) is 3. The van der Waals surface area contributed by atoms with Crippen molar-refractivity contribution in [3.63, 3.8) is 0 Å². The Bertz CT molecular complexity index is 616. The highest BCUT2D eigenvalue weighted by molar-refractivity contribution is 5.48. The van der Waals surface area contributed by atoms with E-state index in [9.17, 15) is 8.78 Å². The molecule has 0 fully saturated rings. The first kappa shape index (κ1) is 11.8. The molecule has 1 N–H and O–H groups in total. The van der Waals surface area contributed by atoms with Gasteiger partial charge in [0.25, 0.3) is 0 Å². The Balaban J connectivity index is 1.74. The second-order valence-electron chi connectivity index (χ2n) is 4.17. The lowest BCUT2D eigenvalue weighted by Gasteiger charge is -2.08. The molecule has 1 aliphatic heterocycles. The smallest absolute Gasteiger partial charge is 0.231 e. The number of hydrogen-bond donors (Lipinski definition) is 1. The van der Waals surface area contributed by atoms with Crippen molar-refractivity contribution in [1.29, 1.82) is 0 Å². The lowest BCUT2D eigenvalue weighted by molar-refractivity contribution is 0.174. The van der Waals surface area contributed by atoms with Crippen molar-refractivity contribution in [3.05, 3.63) is 53.6 Å². The number of anilines is 1. The topological polar surface area (TPSA) is 30.5 Å². The lowest BCUT2D eigenvalue weighted by atomic mass is 10.2. The van der Waals surface area contributed by atoms with E-state index in [1.165, 1.54) is 0 Å². The van der Waals surface area contributed by atoms with Crippen molar-refractivity contribution in [3.8, 4) is 11.5 Å². The zero-order chi connectivity index (χ0) is 13.2. The average Bonchev–Trinajstić information content (AvgIpc) is 2.87. The van der Waals surface area contributed by atoms with Gasteiger partial charge in [-0.1, -0.05) is 6.07 Å². The maximum Gasteiger partial charge on any atom is 0.231 e. The molecular weight excluding hydrogens is 252 g/mol. The molecule has 0 spiro atoms. The van der Waals surface area contributed by atoms with Gasteiger partial charge in [-0.05, 0) is 35.9 Å². The first-order valence-electron chi connectivity index (χ1n) is 5.80. The van der Waals surface area contributed by atoms with Gasteiger partial charge in [0.15, 0.2) is 11.5 Å². The van der Waals surface area contributed by atoms with Crippen LogP contribution in [0.15, 0.2) is 36.4 Å². The summed E-state index contributed by atoms with van der Waals surface area (Å²) in [5, 5.41) is 2.85.